The minimum Gasteiger partial charge on any atom is -0.473 e. The number of likely N-dealkylation sites (N-methyl/N-ethyl adjacent to an activating group) is 2. The van der Waals surface area contributed by atoms with Gasteiger partial charge in [0, 0.05) is 48.3 Å². The number of hydrogen-bond acceptors (Lipinski definition) is 14. The summed E-state index contributed by atoms with van der Waals surface area (Å²) in [5.74, 6) is -1.87. The van der Waals surface area contributed by atoms with E-state index in [2.05, 4.69) is 74.4 Å². The van der Waals surface area contributed by atoms with Gasteiger partial charge in [-0.25, -0.2) is 39.5 Å². The number of thiazole rings is 2. The lowest BCUT2D eigenvalue weighted by Crippen LogP contribution is -2.25. The predicted molar refractivity (Wildman–Crippen MR) is 192 cm³/mol. The average Bonchev–Trinajstić information content (AvgIpc) is 3.96. The Morgan fingerprint density at radius 3 is 1.52 bits per heavy atom. The SMILES string of the molecule is CN1CCC(Nc2nc3cccnc3n2Cc2cscn2)C1.CN1CCC(Nc2nc3cccnc3n2Cc2cscn2)C1.O=C(O)C(=O)O. The first kappa shape index (κ1) is 34.8. The minimum atomic E-state index is -1.82. The molecular weight excluding hydrogens is 681 g/mol. The maximum Gasteiger partial charge on any atom is 0.414 e. The van der Waals surface area contributed by atoms with Crippen molar-refractivity contribution in [1.82, 2.24) is 48.8 Å². The van der Waals surface area contributed by atoms with Gasteiger partial charge in [0.05, 0.1) is 35.5 Å². The third-order valence-corrected chi connectivity index (χ3v) is 9.52. The lowest BCUT2D eigenvalue weighted by atomic mass is 10.3. The number of imidazole rings is 2. The largest absolute Gasteiger partial charge is 0.473 e. The van der Waals surface area contributed by atoms with Crippen molar-refractivity contribution in [2.75, 3.05) is 50.9 Å². The first-order valence-electron chi connectivity index (χ1n) is 16.0. The molecule has 8 heterocycles. The quantitative estimate of drug-likeness (QED) is 0.168. The molecule has 2 saturated heterocycles. The molecule has 0 bridgehead atoms. The van der Waals surface area contributed by atoms with Crippen molar-refractivity contribution in [1.29, 1.82) is 0 Å². The zero-order chi connectivity index (χ0) is 35.0. The average molecular weight is 719 g/mol. The maximum atomic E-state index is 9.10. The van der Waals surface area contributed by atoms with E-state index in [4.69, 9.17) is 29.8 Å². The monoisotopic (exact) mass is 718 g/mol. The molecule has 0 amide bonds. The Morgan fingerprint density at radius 1 is 0.740 bits per heavy atom. The first-order valence-corrected chi connectivity index (χ1v) is 17.8. The topological polar surface area (TPSA) is 192 Å². The minimum absolute atomic E-state index is 0.441. The molecule has 8 rings (SSSR count). The standard InChI is InChI=1S/2C15H18N6S.C2H2O4/c2*1-20-6-4-11(7-20)18-15-19-13-3-2-5-16-14(13)21(15)8-12-9-22-10-17-12;3-1(4)2(5)6/h2*2-3,5,9-11H,4,6-8H2,1H3,(H,18,19);(H,3,4)(H,5,6). The van der Waals surface area contributed by atoms with Crippen LogP contribution in [0.25, 0.3) is 22.3 Å². The number of hydrogen-bond donors (Lipinski definition) is 4. The molecule has 16 nitrogen and oxygen atoms in total. The van der Waals surface area contributed by atoms with Crippen molar-refractivity contribution in [3.63, 3.8) is 0 Å². The van der Waals surface area contributed by atoms with Crippen molar-refractivity contribution in [3.05, 3.63) is 69.8 Å². The summed E-state index contributed by atoms with van der Waals surface area (Å²) >= 11 is 3.23. The Balaban J connectivity index is 0.000000149. The van der Waals surface area contributed by atoms with Crippen LogP contribution in [-0.4, -0.2) is 123 Å². The van der Waals surface area contributed by atoms with Crippen molar-refractivity contribution < 1.29 is 19.8 Å². The molecule has 0 radical (unpaired) electrons. The Kier molecular flexibility index (Phi) is 11.2. The number of nitrogens with one attached hydrogen (secondary N) is 2. The summed E-state index contributed by atoms with van der Waals surface area (Å²) in [7, 11) is 4.31. The zero-order valence-corrected chi connectivity index (χ0v) is 29.2. The van der Waals surface area contributed by atoms with Gasteiger partial charge in [-0.15, -0.1) is 22.7 Å². The van der Waals surface area contributed by atoms with E-state index >= 15 is 0 Å². The second-order valence-electron chi connectivity index (χ2n) is 12.1. The summed E-state index contributed by atoms with van der Waals surface area (Å²) in [6, 6.07) is 8.75. The maximum absolute atomic E-state index is 9.10. The third-order valence-electron chi connectivity index (χ3n) is 8.25. The molecule has 2 fully saturated rings. The molecule has 2 atom stereocenters. The van der Waals surface area contributed by atoms with E-state index in [1.165, 1.54) is 0 Å². The van der Waals surface area contributed by atoms with E-state index in [0.717, 1.165) is 84.6 Å². The number of likely N-dealkylation sites (tertiary alicyclic amines) is 2. The van der Waals surface area contributed by atoms with Gasteiger partial charge in [0.2, 0.25) is 11.9 Å². The lowest BCUT2D eigenvalue weighted by Gasteiger charge is -2.15. The van der Waals surface area contributed by atoms with Gasteiger partial charge in [0.1, 0.15) is 11.0 Å². The fraction of sp³-hybridized carbons (Fsp3) is 0.375. The lowest BCUT2D eigenvalue weighted by molar-refractivity contribution is -0.159. The highest BCUT2D eigenvalue weighted by molar-refractivity contribution is 7.07. The number of carboxylic acids is 2. The van der Waals surface area contributed by atoms with Crippen LogP contribution in [0.5, 0.6) is 0 Å². The number of anilines is 2. The highest BCUT2D eigenvalue weighted by Crippen LogP contribution is 2.23. The summed E-state index contributed by atoms with van der Waals surface area (Å²) in [6.07, 6.45) is 5.91. The predicted octanol–water partition coefficient (Wildman–Crippen LogP) is 3.26. The zero-order valence-electron chi connectivity index (χ0n) is 27.6. The van der Waals surface area contributed by atoms with Gasteiger partial charge in [-0.05, 0) is 64.3 Å². The van der Waals surface area contributed by atoms with Gasteiger partial charge in [-0.1, -0.05) is 0 Å². The molecule has 0 saturated carbocycles. The van der Waals surface area contributed by atoms with Gasteiger partial charge in [0.15, 0.2) is 11.3 Å². The summed E-state index contributed by atoms with van der Waals surface area (Å²) < 4.78 is 4.26. The Bertz CT molecular complexity index is 1870. The first-order chi connectivity index (χ1) is 24.2. The molecule has 6 aromatic heterocycles. The molecule has 6 aromatic rings. The van der Waals surface area contributed by atoms with Crippen LogP contribution < -0.4 is 10.6 Å². The highest BCUT2D eigenvalue weighted by atomic mass is 32.1. The molecule has 18 heteroatoms. The second kappa shape index (κ2) is 16.1. The molecule has 4 N–H and O–H groups in total. The number of fused-ring (bicyclic) bond motifs is 2. The number of rotatable bonds is 8. The second-order valence-corrected chi connectivity index (χ2v) is 13.5. The van der Waals surface area contributed by atoms with Crippen LogP contribution >= 0.6 is 22.7 Å². The van der Waals surface area contributed by atoms with Gasteiger partial charge in [-0.3, -0.25) is 9.13 Å². The van der Waals surface area contributed by atoms with Crippen LogP contribution in [0.4, 0.5) is 11.9 Å². The fourth-order valence-corrected chi connectivity index (χ4v) is 6.96. The Labute approximate surface area is 295 Å². The van der Waals surface area contributed by atoms with E-state index < -0.39 is 11.9 Å². The van der Waals surface area contributed by atoms with Crippen LogP contribution in [0.2, 0.25) is 0 Å². The van der Waals surface area contributed by atoms with Crippen LogP contribution in [0.3, 0.4) is 0 Å². The summed E-state index contributed by atoms with van der Waals surface area (Å²) in [4.78, 5) is 50.1. The number of carboxylic acid groups (broad SMARTS) is 2. The van der Waals surface area contributed by atoms with Crippen molar-refractivity contribution >= 4 is 68.8 Å². The highest BCUT2D eigenvalue weighted by Gasteiger charge is 2.23. The molecule has 0 spiro atoms. The molecule has 2 aliphatic rings. The normalized spacial score (nSPS) is 17.6. The van der Waals surface area contributed by atoms with Gasteiger partial charge in [-0.2, -0.15) is 0 Å². The van der Waals surface area contributed by atoms with E-state index in [1.807, 2.05) is 47.7 Å². The molecule has 0 aromatic carbocycles. The third kappa shape index (κ3) is 8.75. The summed E-state index contributed by atoms with van der Waals surface area (Å²) in [6.45, 7) is 5.74. The van der Waals surface area contributed by atoms with Crippen LogP contribution in [0.1, 0.15) is 24.2 Å². The van der Waals surface area contributed by atoms with E-state index in [0.29, 0.717) is 25.2 Å². The van der Waals surface area contributed by atoms with Crippen molar-refractivity contribution in [2.24, 2.45) is 0 Å². The molecule has 262 valence electrons. The van der Waals surface area contributed by atoms with Crippen LogP contribution in [0.15, 0.2) is 58.4 Å². The molecule has 2 aliphatic heterocycles. The van der Waals surface area contributed by atoms with Gasteiger partial charge >= 0.3 is 11.9 Å². The van der Waals surface area contributed by atoms with E-state index in [9.17, 15) is 0 Å². The molecule has 0 aliphatic carbocycles. The molecular formula is C32H38N12O4S2. The van der Waals surface area contributed by atoms with E-state index in [-0.39, 0.29) is 0 Å². The van der Waals surface area contributed by atoms with Crippen molar-refractivity contribution in [3.8, 4) is 0 Å². The Hall–Kier alpha value is -5.04. The van der Waals surface area contributed by atoms with Crippen LogP contribution in [0, 0.1) is 0 Å². The number of pyridine rings is 2. The smallest absolute Gasteiger partial charge is 0.414 e. The number of carbonyl (C=O) groups is 2. The molecule has 50 heavy (non-hydrogen) atoms. The summed E-state index contributed by atoms with van der Waals surface area (Å²) in [5, 5.41) is 26.1. The van der Waals surface area contributed by atoms with E-state index in [1.54, 1.807) is 22.7 Å². The van der Waals surface area contributed by atoms with Crippen LogP contribution in [-0.2, 0) is 22.7 Å². The Morgan fingerprint density at radius 2 is 1.18 bits per heavy atom. The van der Waals surface area contributed by atoms with Crippen molar-refractivity contribution in [2.45, 2.75) is 38.0 Å². The number of aromatic nitrogens is 8. The number of aliphatic carboxylic acids is 2. The van der Waals surface area contributed by atoms with Gasteiger partial charge < -0.3 is 30.6 Å². The summed E-state index contributed by atoms with van der Waals surface area (Å²) in [5.41, 5.74) is 9.47. The molecule has 2 unspecified atom stereocenters. The van der Waals surface area contributed by atoms with Gasteiger partial charge in [0.25, 0.3) is 0 Å². The number of nitrogens with zero attached hydrogens (tertiary/aromatic N) is 10. The fourth-order valence-electron chi connectivity index (χ4n) is 5.86.